The zero-order chi connectivity index (χ0) is 24.6. The summed E-state index contributed by atoms with van der Waals surface area (Å²) in [5.41, 5.74) is 10.0. The first-order valence-corrected chi connectivity index (χ1v) is 14.1. The lowest BCUT2D eigenvalue weighted by Crippen LogP contribution is -2.74. The third-order valence-corrected chi connectivity index (χ3v) is 9.83. The minimum absolute atomic E-state index is 0.172. The van der Waals surface area contributed by atoms with Gasteiger partial charge in [0.2, 0.25) is 10.0 Å². The zero-order valence-corrected chi connectivity index (χ0v) is 21.5. The van der Waals surface area contributed by atoms with Gasteiger partial charge in [0.25, 0.3) is 0 Å². The Morgan fingerprint density at radius 1 is 0.886 bits per heavy atom. The third-order valence-electron chi connectivity index (χ3n) is 7.80. The molecule has 2 aliphatic rings. The number of fused-ring (bicyclic) bond motifs is 1. The molecule has 0 spiro atoms. The summed E-state index contributed by atoms with van der Waals surface area (Å²) in [5.74, 6) is 0.284. The quantitative estimate of drug-likeness (QED) is 0.591. The number of quaternary nitrogens is 1. The monoisotopic (exact) mass is 490 g/mol. The van der Waals surface area contributed by atoms with E-state index in [1.807, 2.05) is 25.1 Å². The number of benzene rings is 3. The Bertz CT molecular complexity index is 1290. The second-order valence-electron chi connectivity index (χ2n) is 10.0. The number of sulfonamides is 1. The maximum Gasteiger partial charge on any atom is 0.243 e. The summed E-state index contributed by atoms with van der Waals surface area (Å²) >= 11 is 0. The molecule has 3 aromatic carbocycles. The molecule has 2 saturated heterocycles. The van der Waals surface area contributed by atoms with Crippen LogP contribution >= 0.6 is 0 Å². The van der Waals surface area contributed by atoms with E-state index < -0.39 is 10.0 Å². The van der Waals surface area contributed by atoms with Gasteiger partial charge in [-0.1, -0.05) is 72.3 Å². The highest BCUT2D eigenvalue weighted by molar-refractivity contribution is 7.89. The summed E-state index contributed by atoms with van der Waals surface area (Å²) in [6.45, 7) is 6.94. The van der Waals surface area contributed by atoms with Gasteiger partial charge in [0.15, 0.2) is 0 Å². The largest absolute Gasteiger partial charge is 0.356 e. The molecule has 2 heterocycles. The molecule has 0 amide bonds. The van der Waals surface area contributed by atoms with Crippen LogP contribution in [0.2, 0.25) is 0 Å². The molecule has 3 unspecified atom stereocenters. The normalized spacial score (nSPS) is 23.7. The topological polar surface area (TPSA) is 68.3 Å². The smallest absolute Gasteiger partial charge is 0.243 e. The van der Waals surface area contributed by atoms with Gasteiger partial charge >= 0.3 is 0 Å². The van der Waals surface area contributed by atoms with Crippen LogP contribution in [0, 0.1) is 13.8 Å². The van der Waals surface area contributed by atoms with Crippen molar-refractivity contribution in [2.75, 3.05) is 26.2 Å². The zero-order valence-electron chi connectivity index (χ0n) is 20.7. The van der Waals surface area contributed by atoms with Gasteiger partial charge < -0.3 is 5.73 Å². The minimum Gasteiger partial charge on any atom is -0.356 e. The highest BCUT2D eigenvalue weighted by Gasteiger charge is 2.51. The van der Waals surface area contributed by atoms with Crippen LogP contribution in [-0.4, -0.2) is 55.9 Å². The Balaban J connectivity index is 1.43. The molecule has 3 aromatic rings. The number of aryl methyl sites for hydroxylation is 2. The molecule has 3 N–H and O–H groups in total. The van der Waals surface area contributed by atoms with Crippen molar-refractivity contribution < 1.29 is 14.2 Å². The van der Waals surface area contributed by atoms with Crippen molar-refractivity contribution in [3.8, 4) is 11.1 Å². The van der Waals surface area contributed by atoms with E-state index in [1.165, 1.54) is 22.3 Å². The predicted octanol–water partition coefficient (Wildman–Crippen LogP) is 3.83. The van der Waals surface area contributed by atoms with Crippen LogP contribution in [0.15, 0.2) is 77.7 Å². The van der Waals surface area contributed by atoms with Crippen molar-refractivity contribution in [3.05, 3.63) is 89.5 Å². The van der Waals surface area contributed by atoms with Gasteiger partial charge in [0.05, 0.1) is 17.5 Å². The number of hydrogen-bond acceptors (Lipinski definition) is 3. The molecule has 0 aromatic heterocycles. The molecular formula is C29H36N3O2S+. The van der Waals surface area contributed by atoms with Gasteiger partial charge in [-0.2, -0.15) is 4.31 Å². The molecule has 6 heteroatoms. The van der Waals surface area contributed by atoms with Crippen molar-refractivity contribution in [2.24, 2.45) is 0 Å². The molecular weight excluding hydrogens is 454 g/mol. The van der Waals surface area contributed by atoms with Crippen LogP contribution < -0.4 is 5.73 Å². The van der Waals surface area contributed by atoms with Crippen LogP contribution in [0.4, 0.5) is 0 Å². The maximum absolute atomic E-state index is 13.7. The van der Waals surface area contributed by atoms with E-state index in [1.54, 1.807) is 10.4 Å². The number of nitrogens with zero attached hydrogens (tertiary/aromatic N) is 2. The SMILES string of the molecule is Cc1cccc(-c2ccc(C3C(C[NH3+])N4CCCCN(S(=O)(=O)c5ccccc5C)CC34)cc2)c1. The summed E-state index contributed by atoms with van der Waals surface area (Å²) in [6.07, 6.45) is 1.89. The third kappa shape index (κ3) is 4.56. The Kier molecular flexibility index (Phi) is 6.82. The van der Waals surface area contributed by atoms with E-state index in [4.69, 9.17) is 0 Å². The van der Waals surface area contributed by atoms with E-state index in [9.17, 15) is 8.42 Å². The van der Waals surface area contributed by atoms with Crippen molar-refractivity contribution in [1.29, 1.82) is 0 Å². The Morgan fingerprint density at radius 2 is 1.63 bits per heavy atom. The summed E-state index contributed by atoms with van der Waals surface area (Å²) in [6, 6.07) is 25.3. The van der Waals surface area contributed by atoms with Crippen molar-refractivity contribution in [2.45, 2.75) is 49.6 Å². The second-order valence-corrected chi connectivity index (χ2v) is 11.9. The Labute approximate surface area is 209 Å². The molecule has 2 aliphatic heterocycles. The lowest BCUT2D eigenvalue weighted by molar-refractivity contribution is -0.389. The maximum atomic E-state index is 13.7. The van der Waals surface area contributed by atoms with E-state index in [0.29, 0.717) is 24.0 Å². The summed E-state index contributed by atoms with van der Waals surface area (Å²) < 4.78 is 29.1. The molecule has 2 fully saturated rings. The van der Waals surface area contributed by atoms with Gasteiger partial charge in [-0.15, -0.1) is 0 Å². The molecule has 0 saturated carbocycles. The van der Waals surface area contributed by atoms with E-state index in [2.05, 4.69) is 66.1 Å². The van der Waals surface area contributed by atoms with Crippen molar-refractivity contribution >= 4 is 10.0 Å². The van der Waals surface area contributed by atoms with Crippen LogP contribution in [0.1, 0.15) is 35.4 Å². The van der Waals surface area contributed by atoms with Gasteiger partial charge in [0.1, 0.15) is 0 Å². The first-order valence-electron chi connectivity index (χ1n) is 12.7. The summed E-state index contributed by atoms with van der Waals surface area (Å²) in [5, 5.41) is 0. The fourth-order valence-electron chi connectivity index (χ4n) is 5.96. The van der Waals surface area contributed by atoms with Crippen molar-refractivity contribution in [1.82, 2.24) is 9.21 Å². The molecule has 0 bridgehead atoms. The number of hydrogen-bond donors (Lipinski definition) is 1. The summed E-state index contributed by atoms with van der Waals surface area (Å²) in [4.78, 5) is 2.94. The van der Waals surface area contributed by atoms with Crippen LogP contribution in [0.3, 0.4) is 0 Å². The Hall–Kier alpha value is -2.51. The molecule has 5 rings (SSSR count). The molecule has 0 radical (unpaired) electrons. The van der Waals surface area contributed by atoms with Crippen LogP contribution in [0.25, 0.3) is 11.1 Å². The molecule has 0 aliphatic carbocycles. The Morgan fingerprint density at radius 3 is 2.34 bits per heavy atom. The standard InChI is InChI=1S/C29H35N3O2S/c1-21-8-7-10-25(18-21)23-12-14-24(15-13-23)29-26(19-30)32-17-6-5-16-31(20-27(29)32)35(33,34)28-11-4-3-9-22(28)2/h3-4,7-15,18,26-27,29H,5-6,16-17,19-20,30H2,1-2H3/p+1. The fraction of sp³-hybridized carbons (Fsp3) is 0.379. The van der Waals surface area contributed by atoms with E-state index >= 15 is 0 Å². The molecule has 184 valence electrons. The van der Waals surface area contributed by atoms with Crippen LogP contribution in [0.5, 0.6) is 0 Å². The molecule has 35 heavy (non-hydrogen) atoms. The van der Waals surface area contributed by atoms with E-state index in [-0.39, 0.29) is 12.0 Å². The lowest BCUT2D eigenvalue weighted by atomic mass is 9.74. The molecule has 5 nitrogen and oxygen atoms in total. The molecule has 3 atom stereocenters. The second kappa shape index (κ2) is 9.86. The average Bonchev–Trinajstić information content (AvgIpc) is 2.83. The van der Waals surface area contributed by atoms with Gasteiger partial charge in [-0.3, -0.25) is 4.90 Å². The highest BCUT2D eigenvalue weighted by Crippen LogP contribution is 2.42. The highest BCUT2D eigenvalue weighted by atomic mass is 32.2. The first-order chi connectivity index (χ1) is 16.9. The van der Waals surface area contributed by atoms with Crippen LogP contribution in [-0.2, 0) is 10.0 Å². The van der Waals surface area contributed by atoms with E-state index in [0.717, 1.165) is 31.5 Å². The number of rotatable bonds is 5. The van der Waals surface area contributed by atoms with Gasteiger partial charge in [-0.05, 0) is 61.6 Å². The van der Waals surface area contributed by atoms with Gasteiger partial charge in [0, 0.05) is 25.0 Å². The lowest BCUT2D eigenvalue weighted by Gasteiger charge is -2.56. The van der Waals surface area contributed by atoms with Gasteiger partial charge in [-0.25, -0.2) is 8.42 Å². The minimum atomic E-state index is -3.54. The predicted molar refractivity (Wildman–Crippen MR) is 141 cm³/mol. The first kappa shape index (κ1) is 24.2. The average molecular weight is 491 g/mol. The summed E-state index contributed by atoms with van der Waals surface area (Å²) in [7, 11) is -3.54. The van der Waals surface area contributed by atoms with Crippen molar-refractivity contribution in [3.63, 3.8) is 0 Å². The fourth-order valence-corrected chi connectivity index (χ4v) is 7.68.